The minimum absolute atomic E-state index is 0.0159. The van der Waals surface area contributed by atoms with Crippen molar-refractivity contribution in [3.8, 4) is 0 Å². The second-order valence-electron chi connectivity index (χ2n) is 8.33. The van der Waals surface area contributed by atoms with Crippen LogP contribution in [0.5, 0.6) is 0 Å². The fraction of sp³-hybridized carbons (Fsp3) is 0.222. The molecule has 0 aromatic heterocycles. The maximum absolute atomic E-state index is 13.0. The molecule has 3 aromatic rings. The van der Waals surface area contributed by atoms with Gasteiger partial charge in [-0.05, 0) is 35.4 Å². The predicted molar refractivity (Wildman–Crippen MR) is 137 cm³/mol. The standard InChI is InChI=1S/C9H9F2NO2.2C9H10FNO2/c10-6-2-1-3-7(11)5(6)4-8(12)9(13)14;2*10-7-4-2-1-3-6(7)5-8(11)9(12)13/h1-3,8H,4,12H2,(H,13,14);2*1-4,8H,5,11H2,(H,12,13)/t3*8-/m000/s1. The molecule has 0 aliphatic rings. The van der Waals surface area contributed by atoms with Crippen LogP contribution < -0.4 is 17.2 Å². The second kappa shape index (κ2) is 16.6. The van der Waals surface area contributed by atoms with Gasteiger partial charge in [0.1, 0.15) is 41.4 Å². The van der Waals surface area contributed by atoms with Gasteiger partial charge in [-0.3, -0.25) is 14.4 Å². The van der Waals surface area contributed by atoms with E-state index >= 15 is 0 Å². The number of carboxylic acid groups (broad SMARTS) is 3. The summed E-state index contributed by atoms with van der Waals surface area (Å²) in [5, 5.41) is 25.4. The molecule has 0 bridgehead atoms. The predicted octanol–water partition coefficient (Wildman–Crippen LogP) is 2.48. The molecule has 0 radical (unpaired) electrons. The first kappa shape index (κ1) is 33.7. The first-order valence-electron chi connectivity index (χ1n) is 11.6. The maximum atomic E-state index is 13.0. The van der Waals surface area contributed by atoms with E-state index in [1.807, 2.05) is 0 Å². The van der Waals surface area contributed by atoms with Gasteiger partial charge in [0.15, 0.2) is 0 Å². The minimum atomic E-state index is -1.29. The summed E-state index contributed by atoms with van der Waals surface area (Å²) in [5.41, 5.74) is 16.0. The summed E-state index contributed by atoms with van der Waals surface area (Å²) in [5.74, 6) is -5.92. The first-order valence-corrected chi connectivity index (χ1v) is 11.6. The fourth-order valence-electron chi connectivity index (χ4n) is 3.01. The molecule has 0 saturated carbocycles. The zero-order chi connectivity index (χ0) is 30.4. The summed E-state index contributed by atoms with van der Waals surface area (Å²) in [6, 6.07) is 12.0. The van der Waals surface area contributed by atoms with E-state index in [2.05, 4.69) is 0 Å². The Balaban J connectivity index is 0.000000300. The third-order valence-corrected chi connectivity index (χ3v) is 5.23. The van der Waals surface area contributed by atoms with E-state index in [9.17, 15) is 31.9 Å². The van der Waals surface area contributed by atoms with Crippen molar-refractivity contribution >= 4 is 17.9 Å². The highest BCUT2D eigenvalue weighted by Crippen LogP contribution is 2.13. The molecule has 0 amide bonds. The molecular formula is C27H29F4N3O6. The summed E-state index contributed by atoms with van der Waals surface area (Å²) in [6.07, 6.45) is -0.322. The van der Waals surface area contributed by atoms with Crippen molar-refractivity contribution in [2.45, 2.75) is 37.4 Å². The van der Waals surface area contributed by atoms with Crippen molar-refractivity contribution in [1.82, 2.24) is 0 Å². The van der Waals surface area contributed by atoms with Crippen LogP contribution in [0.3, 0.4) is 0 Å². The minimum Gasteiger partial charge on any atom is -0.480 e. The molecule has 9 N–H and O–H groups in total. The molecule has 0 fully saturated rings. The Labute approximate surface area is 226 Å². The Morgan fingerprint density at radius 1 is 0.525 bits per heavy atom. The molecule has 3 rings (SSSR count). The number of benzene rings is 3. The molecule has 0 heterocycles. The number of halogens is 4. The largest absolute Gasteiger partial charge is 0.480 e. The SMILES string of the molecule is N[C@@H](Cc1c(F)cccc1F)C(=O)O.N[C@@H](Cc1ccccc1F)C(=O)O.N[C@@H](Cc1ccccc1F)C(=O)O. The Kier molecular flexibility index (Phi) is 14.0. The van der Waals surface area contributed by atoms with Gasteiger partial charge in [0.2, 0.25) is 0 Å². The molecule has 40 heavy (non-hydrogen) atoms. The van der Waals surface area contributed by atoms with Gasteiger partial charge < -0.3 is 32.5 Å². The third-order valence-electron chi connectivity index (χ3n) is 5.23. The number of carboxylic acids is 3. The van der Waals surface area contributed by atoms with Gasteiger partial charge >= 0.3 is 17.9 Å². The normalized spacial score (nSPS) is 12.5. The van der Waals surface area contributed by atoms with Gasteiger partial charge in [-0.15, -0.1) is 0 Å². The van der Waals surface area contributed by atoms with Crippen molar-refractivity contribution in [3.05, 3.63) is 107 Å². The Hall–Kier alpha value is -4.33. The Morgan fingerprint density at radius 3 is 1.15 bits per heavy atom. The molecule has 0 aliphatic carbocycles. The van der Waals surface area contributed by atoms with E-state index < -0.39 is 59.3 Å². The molecular weight excluding hydrogens is 538 g/mol. The lowest BCUT2D eigenvalue weighted by molar-refractivity contribution is -0.139. The van der Waals surface area contributed by atoms with Gasteiger partial charge in [0.05, 0.1) is 0 Å². The molecule has 0 spiro atoms. The molecule has 216 valence electrons. The maximum Gasteiger partial charge on any atom is 0.320 e. The monoisotopic (exact) mass is 567 g/mol. The zero-order valence-corrected chi connectivity index (χ0v) is 21.0. The van der Waals surface area contributed by atoms with Crippen molar-refractivity contribution in [2.24, 2.45) is 17.2 Å². The van der Waals surface area contributed by atoms with E-state index in [0.717, 1.165) is 12.1 Å². The van der Waals surface area contributed by atoms with Crippen LogP contribution in [0.15, 0.2) is 66.7 Å². The molecule has 3 atom stereocenters. The number of nitrogens with two attached hydrogens (primary N) is 3. The highest BCUT2D eigenvalue weighted by Gasteiger charge is 2.18. The lowest BCUT2D eigenvalue weighted by atomic mass is 10.1. The van der Waals surface area contributed by atoms with Crippen LogP contribution in [-0.2, 0) is 33.6 Å². The quantitative estimate of drug-likeness (QED) is 0.211. The van der Waals surface area contributed by atoms with Crippen molar-refractivity contribution < 1.29 is 47.3 Å². The summed E-state index contributed by atoms with van der Waals surface area (Å²) in [6.45, 7) is 0. The van der Waals surface area contributed by atoms with Crippen LogP contribution in [-0.4, -0.2) is 51.4 Å². The van der Waals surface area contributed by atoms with Crippen LogP contribution in [0.2, 0.25) is 0 Å². The van der Waals surface area contributed by atoms with Gasteiger partial charge in [0, 0.05) is 24.8 Å². The fourth-order valence-corrected chi connectivity index (χ4v) is 3.01. The topological polar surface area (TPSA) is 190 Å². The third kappa shape index (κ3) is 11.6. The van der Waals surface area contributed by atoms with Gasteiger partial charge in [-0.2, -0.15) is 0 Å². The van der Waals surface area contributed by atoms with Crippen LogP contribution in [0.25, 0.3) is 0 Å². The molecule has 9 nitrogen and oxygen atoms in total. The van der Waals surface area contributed by atoms with E-state index in [4.69, 9.17) is 32.5 Å². The van der Waals surface area contributed by atoms with Crippen LogP contribution in [0.1, 0.15) is 16.7 Å². The number of hydrogen-bond donors (Lipinski definition) is 6. The van der Waals surface area contributed by atoms with Crippen molar-refractivity contribution in [2.75, 3.05) is 0 Å². The van der Waals surface area contributed by atoms with Gasteiger partial charge in [-0.1, -0.05) is 42.5 Å². The molecule has 0 unspecified atom stereocenters. The average molecular weight is 568 g/mol. The second-order valence-corrected chi connectivity index (χ2v) is 8.33. The van der Waals surface area contributed by atoms with E-state index in [1.54, 1.807) is 24.3 Å². The molecule has 0 saturated heterocycles. The smallest absolute Gasteiger partial charge is 0.320 e. The average Bonchev–Trinajstić information content (AvgIpc) is 2.89. The first-order chi connectivity index (χ1) is 18.7. The van der Waals surface area contributed by atoms with E-state index in [1.165, 1.54) is 30.3 Å². The summed E-state index contributed by atoms with van der Waals surface area (Å²) < 4.78 is 51.9. The highest BCUT2D eigenvalue weighted by molar-refractivity contribution is 5.74. The lowest BCUT2D eigenvalue weighted by Crippen LogP contribution is -2.32. The van der Waals surface area contributed by atoms with Crippen molar-refractivity contribution in [3.63, 3.8) is 0 Å². The lowest BCUT2D eigenvalue weighted by Gasteiger charge is -2.07. The number of aliphatic carboxylic acids is 3. The highest BCUT2D eigenvalue weighted by atomic mass is 19.1. The number of hydrogen-bond acceptors (Lipinski definition) is 6. The van der Waals surface area contributed by atoms with Gasteiger partial charge in [-0.25, -0.2) is 17.6 Å². The summed E-state index contributed by atoms with van der Waals surface area (Å²) in [7, 11) is 0. The summed E-state index contributed by atoms with van der Waals surface area (Å²) >= 11 is 0. The van der Waals surface area contributed by atoms with E-state index in [0.29, 0.717) is 11.1 Å². The Morgan fingerprint density at radius 2 is 0.825 bits per heavy atom. The van der Waals surface area contributed by atoms with Crippen LogP contribution in [0, 0.1) is 23.3 Å². The van der Waals surface area contributed by atoms with Gasteiger partial charge in [0.25, 0.3) is 0 Å². The number of carbonyl (C=O) groups is 3. The van der Waals surface area contributed by atoms with Crippen molar-refractivity contribution in [1.29, 1.82) is 0 Å². The Bertz CT molecular complexity index is 1210. The molecule has 3 aromatic carbocycles. The molecule has 0 aliphatic heterocycles. The molecule has 13 heteroatoms. The zero-order valence-electron chi connectivity index (χ0n) is 21.0. The van der Waals surface area contributed by atoms with E-state index in [-0.39, 0.29) is 24.8 Å². The van der Waals surface area contributed by atoms with Crippen LogP contribution in [0.4, 0.5) is 17.6 Å². The van der Waals surface area contributed by atoms with Crippen LogP contribution >= 0.6 is 0 Å². The summed E-state index contributed by atoms with van der Waals surface area (Å²) in [4.78, 5) is 31.1. The number of rotatable bonds is 9.